The molecule has 0 unspecified atom stereocenters. The summed E-state index contributed by atoms with van der Waals surface area (Å²) in [5.74, 6) is -0.572. The Labute approximate surface area is 163 Å². The first-order valence-corrected chi connectivity index (χ1v) is 10.1. The quantitative estimate of drug-likeness (QED) is 0.597. The first-order chi connectivity index (χ1) is 13.5. The number of alkyl halides is 3. The molecule has 2 aromatic carbocycles. The molecule has 10 heteroatoms. The average molecular weight is 426 g/mol. The van der Waals surface area contributed by atoms with Crippen LogP contribution in [0.2, 0.25) is 0 Å². The number of nitrogens with zero attached hydrogens (tertiary/aromatic N) is 2. The van der Waals surface area contributed by atoms with E-state index in [0.717, 1.165) is 24.6 Å². The molecule has 0 radical (unpaired) electrons. The van der Waals surface area contributed by atoms with E-state index in [4.69, 9.17) is 0 Å². The van der Waals surface area contributed by atoms with Gasteiger partial charge in [0.15, 0.2) is 9.84 Å². The Hall–Kier alpha value is -3.01. The summed E-state index contributed by atoms with van der Waals surface area (Å²) in [6.45, 7) is -1.58. The fourth-order valence-corrected chi connectivity index (χ4v) is 3.40. The predicted molar refractivity (Wildman–Crippen MR) is 98.5 cm³/mol. The van der Waals surface area contributed by atoms with Gasteiger partial charge in [-0.3, -0.25) is 4.79 Å². The van der Waals surface area contributed by atoms with E-state index < -0.39 is 33.9 Å². The standard InChI is InChI=1S/C19H14F4N2O3S/c1-29(27,28)15-8-4-12(5-9-15)16-10-24-25(11-19(21,22)23)18(26)17(16)13-2-6-14(20)7-3-13/h2-10H,11H2,1H3. The van der Waals surface area contributed by atoms with Gasteiger partial charge < -0.3 is 0 Å². The largest absolute Gasteiger partial charge is 0.408 e. The third-order valence-electron chi connectivity index (χ3n) is 4.10. The molecule has 152 valence electrons. The molecule has 3 rings (SSSR count). The van der Waals surface area contributed by atoms with Crippen LogP contribution < -0.4 is 5.56 Å². The van der Waals surface area contributed by atoms with Crippen molar-refractivity contribution in [3.8, 4) is 22.3 Å². The average Bonchev–Trinajstić information content (AvgIpc) is 2.62. The number of aromatic nitrogens is 2. The van der Waals surface area contributed by atoms with Gasteiger partial charge in [0, 0.05) is 11.8 Å². The van der Waals surface area contributed by atoms with Crippen molar-refractivity contribution in [2.24, 2.45) is 0 Å². The molecule has 5 nitrogen and oxygen atoms in total. The van der Waals surface area contributed by atoms with E-state index in [2.05, 4.69) is 5.10 Å². The van der Waals surface area contributed by atoms with Gasteiger partial charge in [-0.25, -0.2) is 17.5 Å². The van der Waals surface area contributed by atoms with Crippen LogP contribution in [0.4, 0.5) is 17.6 Å². The van der Waals surface area contributed by atoms with Crippen LogP contribution in [0.5, 0.6) is 0 Å². The molecule has 0 spiro atoms. The van der Waals surface area contributed by atoms with E-state index >= 15 is 0 Å². The summed E-state index contributed by atoms with van der Waals surface area (Å²) in [5, 5.41) is 3.61. The van der Waals surface area contributed by atoms with Gasteiger partial charge in [0.2, 0.25) is 0 Å². The number of halogens is 4. The molecule has 1 aromatic heterocycles. The number of sulfone groups is 1. The number of hydrogen-bond acceptors (Lipinski definition) is 4. The van der Waals surface area contributed by atoms with Gasteiger partial charge in [-0.2, -0.15) is 18.3 Å². The minimum atomic E-state index is -4.66. The maximum Gasteiger partial charge on any atom is 0.408 e. The Bertz CT molecular complexity index is 1200. The van der Waals surface area contributed by atoms with Crippen molar-refractivity contribution >= 4 is 9.84 Å². The smallest absolute Gasteiger partial charge is 0.267 e. The van der Waals surface area contributed by atoms with Gasteiger partial charge in [-0.15, -0.1) is 0 Å². The fraction of sp³-hybridized carbons (Fsp3) is 0.158. The molecule has 0 aliphatic heterocycles. The monoisotopic (exact) mass is 426 g/mol. The number of rotatable bonds is 4. The maximum absolute atomic E-state index is 13.3. The highest BCUT2D eigenvalue weighted by Crippen LogP contribution is 2.30. The van der Waals surface area contributed by atoms with Crippen LogP contribution >= 0.6 is 0 Å². The Morgan fingerprint density at radius 3 is 2.03 bits per heavy atom. The zero-order chi connectivity index (χ0) is 21.4. The van der Waals surface area contributed by atoms with Crippen LogP contribution in [0.15, 0.2) is 64.4 Å². The van der Waals surface area contributed by atoms with Crippen molar-refractivity contribution in [2.75, 3.05) is 6.26 Å². The Kier molecular flexibility index (Phi) is 5.31. The molecule has 0 aliphatic rings. The lowest BCUT2D eigenvalue weighted by molar-refractivity contribution is -0.143. The molecule has 0 amide bonds. The van der Waals surface area contributed by atoms with E-state index in [1.807, 2.05) is 0 Å². The summed E-state index contributed by atoms with van der Waals surface area (Å²) >= 11 is 0. The fourth-order valence-electron chi connectivity index (χ4n) is 2.77. The zero-order valence-corrected chi connectivity index (χ0v) is 15.8. The molecule has 1 heterocycles. The summed E-state index contributed by atoms with van der Waals surface area (Å²) in [6.07, 6.45) is -2.53. The predicted octanol–water partition coefficient (Wildman–Crippen LogP) is 3.68. The highest BCUT2D eigenvalue weighted by molar-refractivity contribution is 7.90. The van der Waals surface area contributed by atoms with Gasteiger partial charge in [-0.1, -0.05) is 24.3 Å². The number of benzene rings is 2. The lowest BCUT2D eigenvalue weighted by Crippen LogP contribution is -2.31. The van der Waals surface area contributed by atoms with Crippen LogP contribution in [-0.2, 0) is 16.4 Å². The third kappa shape index (κ3) is 4.70. The highest BCUT2D eigenvalue weighted by atomic mass is 32.2. The summed E-state index contributed by atoms with van der Waals surface area (Å²) in [5.41, 5.74) is -0.326. The second-order valence-electron chi connectivity index (χ2n) is 6.31. The van der Waals surface area contributed by atoms with E-state index in [1.165, 1.54) is 36.4 Å². The van der Waals surface area contributed by atoms with E-state index in [9.17, 15) is 30.8 Å². The van der Waals surface area contributed by atoms with Crippen LogP contribution in [0.25, 0.3) is 22.3 Å². The second-order valence-corrected chi connectivity index (χ2v) is 8.33. The van der Waals surface area contributed by atoms with Gasteiger partial charge in [0.05, 0.1) is 16.7 Å². The van der Waals surface area contributed by atoms with E-state index in [-0.39, 0.29) is 26.3 Å². The minimum Gasteiger partial charge on any atom is -0.267 e. The molecule has 0 saturated heterocycles. The molecule has 0 saturated carbocycles. The molecule has 0 atom stereocenters. The van der Waals surface area contributed by atoms with E-state index in [1.54, 1.807) is 0 Å². The van der Waals surface area contributed by atoms with Crippen molar-refractivity contribution in [1.29, 1.82) is 0 Å². The SMILES string of the molecule is CS(=O)(=O)c1ccc(-c2cnn(CC(F)(F)F)c(=O)c2-c2ccc(F)cc2)cc1. The normalized spacial score (nSPS) is 12.2. The number of hydrogen-bond donors (Lipinski definition) is 0. The molecule has 0 fully saturated rings. The molecule has 0 aliphatic carbocycles. The topological polar surface area (TPSA) is 69.0 Å². The molecule has 3 aromatic rings. The second kappa shape index (κ2) is 7.43. The van der Waals surface area contributed by atoms with Crippen LogP contribution in [0.1, 0.15) is 0 Å². The van der Waals surface area contributed by atoms with Gasteiger partial charge in [-0.05, 0) is 35.4 Å². The van der Waals surface area contributed by atoms with Gasteiger partial charge in [0.25, 0.3) is 5.56 Å². The van der Waals surface area contributed by atoms with Crippen molar-refractivity contribution in [3.05, 3.63) is 70.9 Å². The van der Waals surface area contributed by atoms with E-state index in [0.29, 0.717) is 5.56 Å². The molecular formula is C19H14F4N2O3S. The lowest BCUT2D eigenvalue weighted by Gasteiger charge is -2.14. The van der Waals surface area contributed by atoms with Gasteiger partial charge in [0.1, 0.15) is 12.4 Å². The van der Waals surface area contributed by atoms with Crippen molar-refractivity contribution in [3.63, 3.8) is 0 Å². The maximum atomic E-state index is 13.3. The third-order valence-corrected chi connectivity index (χ3v) is 5.23. The lowest BCUT2D eigenvalue weighted by atomic mass is 9.97. The molecule has 29 heavy (non-hydrogen) atoms. The minimum absolute atomic E-state index is 0.0444. The summed E-state index contributed by atoms with van der Waals surface area (Å²) < 4.78 is 75.2. The molecular weight excluding hydrogens is 412 g/mol. The summed E-state index contributed by atoms with van der Waals surface area (Å²) in [4.78, 5) is 12.8. The first-order valence-electron chi connectivity index (χ1n) is 8.19. The van der Waals surface area contributed by atoms with Crippen LogP contribution in [0, 0.1) is 5.82 Å². The Balaban J connectivity index is 2.22. The Morgan fingerprint density at radius 2 is 1.52 bits per heavy atom. The highest BCUT2D eigenvalue weighted by Gasteiger charge is 2.30. The first kappa shape index (κ1) is 20.7. The van der Waals surface area contributed by atoms with Crippen LogP contribution in [0.3, 0.4) is 0 Å². The van der Waals surface area contributed by atoms with Crippen molar-refractivity contribution in [2.45, 2.75) is 17.6 Å². The van der Waals surface area contributed by atoms with Gasteiger partial charge >= 0.3 is 6.18 Å². The van der Waals surface area contributed by atoms with Crippen molar-refractivity contribution in [1.82, 2.24) is 9.78 Å². The summed E-state index contributed by atoms with van der Waals surface area (Å²) in [7, 11) is -3.45. The summed E-state index contributed by atoms with van der Waals surface area (Å²) in [6, 6.07) is 10.2. The zero-order valence-electron chi connectivity index (χ0n) is 14.9. The van der Waals surface area contributed by atoms with Crippen LogP contribution in [-0.4, -0.2) is 30.6 Å². The van der Waals surface area contributed by atoms with Crippen molar-refractivity contribution < 1.29 is 26.0 Å². The Morgan fingerprint density at radius 1 is 0.966 bits per heavy atom. The molecule has 0 bridgehead atoms. The molecule has 0 N–H and O–H groups in total.